The topological polar surface area (TPSA) is 27.6 Å². The van der Waals surface area contributed by atoms with E-state index in [4.69, 9.17) is 11.6 Å². The maximum atomic E-state index is 6.34. The third kappa shape index (κ3) is 3.42. The molecule has 1 heterocycles. The second-order valence-corrected chi connectivity index (χ2v) is 6.81. The molecule has 5 heteroatoms. The lowest BCUT2D eigenvalue weighted by Gasteiger charge is -2.28. The van der Waals surface area contributed by atoms with E-state index in [0.29, 0.717) is 0 Å². The van der Waals surface area contributed by atoms with Gasteiger partial charge in [0, 0.05) is 35.0 Å². The first kappa shape index (κ1) is 14.7. The molecule has 1 aromatic carbocycles. The summed E-state index contributed by atoms with van der Waals surface area (Å²) in [4.78, 5) is 6.58. The normalized spacial score (nSPS) is 15.6. The predicted octanol–water partition coefficient (Wildman–Crippen LogP) is 3.27. The molecule has 0 aromatic heterocycles. The van der Waals surface area contributed by atoms with E-state index in [0.717, 1.165) is 40.7 Å². The third-order valence-electron chi connectivity index (χ3n) is 3.41. The fourth-order valence-corrected chi connectivity index (χ4v) is 3.09. The van der Waals surface area contributed by atoms with Crippen molar-refractivity contribution in [3.05, 3.63) is 33.3 Å². The van der Waals surface area contributed by atoms with Crippen LogP contribution in [-0.4, -0.2) is 37.5 Å². The van der Waals surface area contributed by atoms with E-state index in [1.54, 1.807) is 0 Å². The molecular formula is C14H19BrClN3. The number of hydrogen-bond donors (Lipinski definition) is 1. The Morgan fingerprint density at radius 1 is 1.47 bits per heavy atom. The monoisotopic (exact) mass is 343 g/mol. The molecule has 0 aliphatic carbocycles. The molecule has 0 unspecified atom stereocenters. The summed E-state index contributed by atoms with van der Waals surface area (Å²) in [5.41, 5.74) is 1.09. The molecule has 104 valence electrons. The van der Waals surface area contributed by atoms with Gasteiger partial charge in [0.15, 0.2) is 5.96 Å². The van der Waals surface area contributed by atoms with Crippen LogP contribution in [0.4, 0.5) is 0 Å². The van der Waals surface area contributed by atoms with Gasteiger partial charge in [-0.3, -0.25) is 4.99 Å². The Balaban J connectivity index is 2.09. The van der Waals surface area contributed by atoms with E-state index < -0.39 is 0 Å². The molecule has 1 aliphatic heterocycles. The molecule has 1 aliphatic rings. The minimum absolute atomic E-state index is 0.0519. The lowest BCUT2D eigenvalue weighted by molar-refractivity contribution is 0.481. The van der Waals surface area contributed by atoms with Crippen LogP contribution in [0.2, 0.25) is 5.02 Å². The second kappa shape index (κ2) is 5.71. The quantitative estimate of drug-likeness (QED) is 0.911. The summed E-state index contributed by atoms with van der Waals surface area (Å²) >= 11 is 9.78. The number of nitrogens with one attached hydrogen (secondary N) is 1. The van der Waals surface area contributed by atoms with Gasteiger partial charge < -0.3 is 10.2 Å². The maximum Gasteiger partial charge on any atom is 0.193 e. The molecule has 1 aromatic rings. The third-order valence-corrected chi connectivity index (χ3v) is 4.21. The van der Waals surface area contributed by atoms with Gasteiger partial charge in [0.25, 0.3) is 0 Å². The summed E-state index contributed by atoms with van der Waals surface area (Å²) in [6.45, 7) is 7.03. The summed E-state index contributed by atoms with van der Waals surface area (Å²) in [6.07, 6.45) is 0. The van der Waals surface area contributed by atoms with E-state index in [1.807, 2.05) is 12.1 Å². The van der Waals surface area contributed by atoms with Crippen molar-refractivity contribution in [3.8, 4) is 0 Å². The molecule has 19 heavy (non-hydrogen) atoms. The summed E-state index contributed by atoms with van der Waals surface area (Å²) in [5.74, 6) is 0.973. The Kier molecular flexibility index (Phi) is 4.41. The summed E-state index contributed by atoms with van der Waals surface area (Å²) in [7, 11) is 2.05. The van der Waals surface area contributed by atoms with Crippen molar-refractivity contribution in [3.63, 3.8) is 0 Å². The van der Waals surface area contributed by atoms with Crippen molar-refractivity contribution in [1.82, 2.24) is 10.2 Å². The lowest BCUT2D eigenvalue weighted by Crippen LogP contribution is -2.42. The number of rotatable bonds is 3. The number of benzene rings is 1. The van der Waals surface area contributed by atoms with E-state index in [2.05, 4.69) is 58.1 Å². The minimum atomic E-state index is -0.0519. The maximum absolute atomic E-state index is 6.34. The Labute approximate surface area is 128 Å². The van der Waals surface area contributed by atoms with Gasteiger partial charge in [-0.25, -0.2) is 0 Å². The molecular weight excluding hydrogens is 326 g/mol. The van der Waals surface area contributed by atoms with Crippen LogP contribution >= 0.6 is 27.5 Å². The number of aliphatic imine (C=N–C) groups is 1. The zero-order valence-electron chi connectivity index (χ0n) is 11.5. The summed E-state index contributed by atoms with van der Waals surface area (Å²) < 4.78 is 1.00. The van der Waals surface area contributed by atoms with Crippen molar-refractivity contribution in [1.29, 1.82) is 0 Å². The Hall–Kier alpha value is -0.740. The minimum Gasteiger partial charge on any atom is -0.355 e. The Morgan fingerprint density at radius 3 is 2.79 bits per heavy atom. The van der Waals surface area contributed by atoms with Crippen LogP contribution < -0.4 is 5.32 Å². The van der Waals surface area contributed by atoms with Crippen LogP contribution in [0, 0.1) is 0 Å². The fraction of sp³-hybridized carbons (Fsp3) is 0.500. The van der Waals surface area contributed by atoms with E-state index in [1.165, 1.54) is 0 Å². The first-order chi connectivity index (χ1) is 8.90. The van der Waals surface area contributed by atoms with Gasteiger partial charge in [-0.15, -0.1) is 0 Å². The van der Waals surface area contributed by atoms with Gasteiger partial charge in [0.1, 0.15) is 0 Å². The van der Waals surface area contributed by atoms with E-state index in [9.17, 15) is 0 Å². The van der Waals surface area contributed by atoms with Crippen molar-refractivity contribution in [2.75, 3.05) is 26.7 Å². The predicted molar refractivity (Wildman–Crippen MR) is 85.1 cm³/mol. The molecule has 0 radical (unpaired) electrons. The molecule has 3 nitrogen and oxygen atoms in total. The average molecular weight is 345 g/mol. The van der Waals surface area contributed by atoms with Crippen molar-refractivity contribution < 1.29 is 0 Å². The molecule has 0 spiro atoms. The van der Waals surface area contributed by atoms with Crippen LogP contribution in [0.3, 0.4) is 0 Å². The highest BCUT2D eigenvalue weighted by Gasteiger charge is 2.25. The zero-order valence-corrected chi connectivity index (χ0v) is 13.8. The highest BCUT2D eigenvalue weighted by molar-refractivity contribution is 9.10. The smallest absolute Gasteiger partial charge is 0.193 e. The molecule has 0 fully saturated rings. The first-order valence-corrected chi connectivity index (χ1v) is 7.52. The van der Waals surface area contributed by atoms with Crippen molar-refractivity contribution in [2.45, 2.75) is 19.3 Å². The largest absolute Gasteiger partial charge is 0.355 e. The number of guanidine groups is 1. The average Bonchev–Trinajstić information content (AvgIpc) is 2.72. The SMILES string of the molecule is CN1CCN=C1NCC(C)(C)c1ccc(Br)cc1Cl. The fourth-order valence-electron chi connectivity index (χ4n) is 2.16. The second-order valence-electron chi connectivity index (χ2n) is 5.49. The molecule has 0 atom stereocenters. The van der Waals surface area contributed by atoms with Gasteiger partial charge >= 0.3 is 0 Å². The summed E-state index contributed by atoms with van der Waals surface area (Å²) in [6, 6.07) is 6.05. The van der Waals surface area contributed by atoms with Gasteiger partial charge in [-0.1, -0.05) is 47.4 Å². The van der Waals surface area contributed by atoms with Gasteiger partial charge in [-0.05, 0) is 17.7 Å². The molecule has 0 saturated carbocycles. The first-order valence-electron chi connectivity index (χ1n) is 6.35. The number of nitrogens with zero attached hydrogens (tertiary/aromatic N) is 2. The van der Waals surface area contributed by atoms with Gasteiger partial charge in [0.05, 0.1) is 6.54 Å². The van der Waals surface area contributed by atoms with Crippen LogP contribution in [0.1, 0.15) is 19.4 Å². The Bertz CT molecular complexity index is 499. The van der Waals surface area contributed by atoms with Crippen LogP contribution in [-0.2, 0) is 5.41 Å². The van der Waals surface area contributed by atoms with Crippen LogP contribution in [0.5, 0.6) is 0 Å². The molecule has 1 N–H and O–H groups in total. The number of halogens is 2. The highest BCUT2D eigenvalue weighted by Crippen LogP contribution is 2.31. The highest BCUT2D eigenvalue weighted by atomic mass is 79.9. The van der Waals surface area contributed by atoms with E-state index >= 15 is 0 Å². The van der Waals surface area contributed by atoms with Crippen molar-refractivity contribution >= 4 is 33.5 Å². The molecule has 0 bridgehead atoms. The number of likely N-dealkylation sites (N-methyl/N-ethyl adjacent to an activating group) is 1. The number of hydrogen-bond acceptors (Lipinski definition) is 3. The van der Waals surface area contributed by atoms with Gasteiger partial charge in [-0.2, -0.15) is 0 Å². The summed E-state index contributed by atoms with van der Waals surface area (Å²) in [5, 5.41) is 4.21. The standard InChI is InChI=1S/C14H19BrClN3/c1-14(2,9-18-13-17-6-7-19(13)3)11-5-4-10(15)8-12(11)16/h4-5,8H,6-7,9H2,1-3H3,(H,17,18). The zero-order chi connectivity index (χ0) is 14.0. The van der Waals surface area contributed by atoms with Gasteiger partial charge in [0.2, 0.25) is 0 Å². The lowest BCUT2D eigenvalue weighted by atomic mass is 9.84. The van der Waals surface area contributed by atoms with Crippen LogP contribution in [0.25, 0.3) is 0 Å². The molecule has 0 saturated heterocycles. The van der Waals surface area contributed by atoms with E-state index in [-0.39, 0.29) is 5.41 Å². The van der Waals surface area contributed by atoms with Crippen LogP contribution in [0.15, 0.2) is 27.7 Å². The molecule has 2 rings (SSSR count). The molecule has 0 amide bonds. The van der Waals surface area contributed by atoms with Crippen molar-refractivity contribution in [2.24, 2.45) is 4.99 Å². The Morgan fingerprint density at radius 2 is 2.21 bits per heavy atom.